The van der Waals surface area contributed by atoms with Gasteiger partial charge in [-0.3, -0.25) is 13.8 Å². The number of nitrogens with zero attached hydrogens (tertiary/aromatic N) is 3. The molecule has 2 aromatic carbocycles. The number of hydrogen-bond donors (Lipinski definition) is 0. The number of esters is 1. The molecular formula is C27H26F7N3O7S2. The molecule has 0 spiro atoms. The van der Waals surface area contributed by atoms with E-state index in [0.717, 1.165) is 41.7 Å². The largest absolute Gasteiger partial charge is 0.486 e. The van der Waals surface area contributed by atoms with E-state index in [1.165, 1.54) is 12.1 Å². The number of sulfone groups is 1. The average Bonchev–Trinajstić information content (AvgIpc) is 3.34. The molecule has 1 atom stereocenters. The molecule has 252 valence electrons. The van der Waals surface area contributed by atoms with E-state index in [-0.39, 0.29) is 17.0 Å². The average molecular weight is 702 g/mol. The van der Waals surface area contributed by atoms with E-state index >= 15 is 0 Å². The van der Waals surface area contributed by atoms with Crippen molar-refractivity contribution in [3.8, 4) is 5.75 Å². The van der Waals surface area contributed by atoms with Crippen molar-refractivity contribution >= 4 is 31.5 Å². The summed E-state index contributed by atoms with van der Waals surface area (Å²) < 4.78 is 159. The van der Waals surface area contributed by atoms with Crippen LogP contribution in [0.4, 0.5) is 36.4 Å². The summed E-state index contributed by atoms with van der Waals surface area (Å²) in [6, 6.07) is 7.26. The van der Waals surface area contributed by atoms with Crippen LogP contribution in [-0.4, -0.2) is 62.8 Å². The van der Waals surface area contributed by atoms with Gasteiger partial charge in [0.05, 0.1) is 29.3 Å². The summed E-state index contributed by atoms with van der Waals surface area (Å²) in [5, 5.41) is 3.20. The second-order valence-corrected chi connectivity index (χ2v) is 14.8. The van der Waals surface area contributed by atoms with Crippen LogP contribution in [0, 0.1) is 5.82 Å². The molecule has 0 aliphatic carbocycles. The van der Waals surface area contributed by atoms with E-state index in [2.05, 4.69) is 9.84 Å². The molecule has 0 N–H and O–H groups in total. The molecule has 10 nitrogen and oxygen atoms in total. The Hall–Kier alpha value is -3.87. The van der Waals surface area contributed by atoms with Crippen LogP contribution in [0.2, 0.25) is 0 Å². The Balaban J connectivity index is 1.65. The van der Waals surface area contributed by atoms with Crippen LogP contribution in [0.25, 0.3) is 0 Å². The van der Waals surface area contributed by atoms with Crippen LogP contribution in [0.3, 0.4) is 0 Å². The number of fused-ring (bicyclic) bond motifs is 1. The van der Waals surface area contributed by atoms with Crippen molar-refractivity contribution in [2.75, 3.05) is 16.6 Å². The second-order valence-electron chi connectivity index (χ2n) is 10.8. The van der Waals surface area contributed by atoms with E-state index in [9.17, 15) is 52.4 Å². The highest BCUT2D eigenvalue weighted by molar-refractivity contribution is 7.93. The van der Waals surface area contributed by atoms with Crippen LogP contribution in [0.15, 0.2) is 58.5 Å². The summed E-state index contributed by atoms with van der Waals surface area (Å²) in [7, 11) is -8.04. The van der Waals surface area contributed by atoms with Gasteiger partial charge in [0.15, 0.2) is 15.5 Å². The molecule has 2 heterocycles. The van der Waals surface area contributed by atoms with Gasteiger partial charge >= 0.3 is 18.3 Å². The van der Waals surface area contributed by atoms with Crippen molar-refractivity contribution in [2.45, 2.75) is 60.5 Å². The van der Waals surface area contributed by atoms with Crippen molar-refractivity contribution in [3.05, 3.63) is 65.7 Å². The minimum atomic E-state index is -5.07. The van der Waals surface area contributed by atoms with Crippen LogP contribution in [0.1, 0.15) is 31.5 Å². The summed E-state index contributed by atoms with van der Waals surface area (Å²) in [6.07, 6.45) is -11.7. The zero-order chi connectivity index (χ0) is 34.5. The fraction of sp³-hybridized carbons (Fsp3) is 0.407. The van der Waals surface area contributed by atoms with E-state index in [0.29, 0.717) is 24.7 Å². The molecule has 0 bridgehead atoms. The number of aryl methyl sites for hydroxylation is 1. The fourth-order valence-electron chi connectivity index (χ4n) is 4.41. The maximum absolute atomic E-state index is 13.7. The Morgan fingerprint density at radius 2 is 1.65 bits per heavy atom. The number of rotatable bonds is 9. The molecule has 46 heavy (non-hydrogen) atoms. The first-order valence-corrected chi connectivity index (χ1v) is 16.3. The standard InChI is InChI=1S/C27H26F7N3O7S2/c1-25(2,27(32,33)34)44-23(38)13-16-4-9-21-20(12-16)37(46(41,42)19-7-5-17(28)6-8-19)14-18(43-21)10-11-45(39,40)22-15-36(3)35-24(22)26(29,30)31/h4-9,12,15,18H,10-11,13-14H2,1-3H3/t18-/m0/s1. The van der Waals surface area contributed by atoms with Crippen molar-refractivity contribution < 1.29 is 61.8 Å². The zero-order valence-corrected chi connectivity index (χ0v) is 25.8. The number of alkyl halides is 6. The number of carbonyl (C=O) groups excluding carboxylic acids is 1. The number of benzene rings is 2. The van der Waals surface area contributed by atoms with Crippen LogP contribution < -0.4 is 9.04 Å². The van der Waals surface area contributed by atoms with Gasteiger partial charge in [-0.05, 0) is 55.8 Å². The maximum atomic E-state index is 13.7. The summed E-state index contributed by atoms with van der Waals surface area (Å²) in [4.78, 5) is 10.9. The SMILES string of the molecule is Cn1cc(S(=O)(=O)CC[C@H]2CN(S(=O)(=O)c3ccc(F)cc3)c3cc(CC(=O)OC(C)(C)C(F)(F)F)ccc3O2)c(C(F)(F)F)n1. The Kier molecular flexibility index (Phi) is 9.17. The van der Waals surface area contributed by atoms with E-state index < -0.39 is 96.3 Å². The topological polar surface area (TPSA) is 125 Å². The number of carbonyl (C=O) groups is 1. The van der Waals surface area contributed by atoms with Gasteiger partial charge in [-0.2, -0.15) is 31.4 Å². The maximum Gasteiger partial charge on any atom is 0.436 e. The third-order valence-corrected chi connectivity index (χ3v) is 10.4. The van der Waals surface area contributed by atoms with Crippen LogP contribution in [0.5, 0.6) is 5.75 Å². The van der Waals surface area contributed by atoms with Gasteiger partial charge < -0.3 is 9.47 Å². The number of ether oxygens (including phenoxy) is 2. The molecule has 1 aliphatic heterocycles. The molecular weight excluding hydrogens is 675 g/mol. The Labute approximate surface area is 258 Å². The molecule has 19 heteroatoms. The fourth-order valence-corrected chi connectivity index (χ4v) is 7.47. The van der Waals surface area contributed by atoms with E-state index in [1.54, 1.807) is 0 Å². The van der Waals surface area contributed by atoms with Crippen molar-refractivity contribution in [1.82, 2.24) is 9.78 Å². The van der Waals surface area contributed by atoms with Gasteiger partial charge in [-0.25, -0.2) is 21.2 Å². The summed E-state index contributed by atoms with van der Waals surface area (Å²) in [5.41, 5.74) is -4.59. The van der Waals surface area contributed by atoms with Gasteiger partial charge in [0, 0.05) is 19.7 Å². The first-order chi connectivity index (χ1) is 21.0. The van der Waals surface area contributed by atoms with Gasteiger partial charge in [-0.15, -0.1) is 0 Å². The predicted octanol–water partition coefficient (Wildman–Crippen LogP) is 4.82. The summed E-state index contributed by atoms with van der Waals surface area (Å²) in [5.74, 6) is -3.07. The number of aromatic nitrogens is 2. The molecule has 0 saturated heterocycles. The van der Waals surface area contributed by atoms with Gasteiger partial charge in [0.25, 0.3) is 10.0 Å². The number of sulfonamides is 1. The highest BCUT2D eigenvalue weighted by atomic mass is 32.2. The van der Waals surface area contributed by atoms with Gasteiger partial charge in [-0.1, -0.05) is 6.07 Å². The highest BCUT2D eigenvalue weighted by Gasteiger charge is 2.51. The molecule has 0 fully saturated rings. The second kappa shape index (κ2) is 12.1. The third kappa shape index (κ3) is 7.40. The smallest absolute Gasteiger partial charge is 0.436 e. The van der Waals surface area contributed by atoms with Crippen molar-refractivity contribution in [1.29, 1.82) is 0 Å². The van der Waals surface area contributed by atoms with E-state index in [1.807, 2.05) is 0 Å². The highest BCUT2D eigenvalue weighted by Crippen LogP contribution is 2.40. The Bertz CT molecular complexity index is 1840. The molecule has 1 aromatic heterocycles. The molecule has 0 amide bonds. The number of halogens is 7. The van der Waals surface area contributed by atoms with E-state index in [4.69, 9.17) is 4.74 Å². The number of anilines is 1. The Morgan fingerprint density at radius 1 is 1.02 bits per heavy atom. The molecule has 3 aromatic rings. The van der Waals surface area contributed by atoms with Gasteiger partial charge in [0.2, 0.25) is 5.60 Å². The summed E-state index contributed by atoms with van der Waals surface area (Å²) in [6.45, 7) is 0.735. The molecule has 0 saturated carbocycles. The van der Waals surface area contributed by atoms with Crippen molar-refractivity contribution in [2.24, 2.45) is 7.05 Å². The first kappa shape index (κ1) is 35.0. The van der Waals surface area contributed by atoms with Crippen LogP contribution >= 0.6 is 0 Å². The molecule has 0 unspecified atom stereocenters. The first-order valence-electron chi connectivity index (χ1n) is 13.2. The molecule has 4 rings (SSSR count). The zero-order valence-electron chi connectivity index (χ0n) is 24.2. The quantitative estimate of drug-likeness (QED) is 0.230. The normalized spacial score (nSPS) is 16.1. The minimum absolute atomic E-state index is 0.0296. The third-order valence-electron chi connectivity index (χ3n) is 6.86. The monoisotopic (exact) mass is 701 g/mol. The molecule has 1 aliphatic rings. The lowest BCUT2D eigenvalue weighted by molar-refractivity contribution is -0.257. The van der Waals surface area contributed by atoms with Crippen molar-refractivity contribution in [3.63, 3.8) is 0 Å². The lowest BCUT2D eigenvalue weighted by Gasteiger charge is -2.36. The lowest BCUT2D eigenvalue weighted by Crippen LogP contribution is -2.44. The van der Waals surface area contributed by atoms with Gasteiger partial charge in [0.1, 0.15) is 22.6 Å². The Morgan fingerprint density at radius 3 is 2.24 bits per heavy atom. The van der Waals surface area contributed by atoms with Crippen LogP contribution in [-0.2, 0) is 49.0 Å². The molecule has 0 radical (unpaired) electrons. The summed E-state index contributed by atoms with van der Waals surface area (Å²) >= 11 is 0. The lowest BCUT2D eigenvalue weighted by atomic mass is 10.1. The number of hydrogen-bond acceptors (Lipinski definition) is 8. The minimum Gasteiger partial charge on any atom is -0.486 e. The predicted molar refractivity (Wildman–Crippen MR) is 147 cm³/mol.